The van der Waals surface area contributed by atoms with E-state index in [1.54, 1.807) is 32.4 Å². The van der Waals surface area contributed by atoms with Crippen LogP contribution in [-0.4, -0.2) is 37.3 Å². The molecule has 1 fully saturated rings. The summed E-state index contributed by atoms with van der Waals surface area (Å²) in [4.78, 5) is 27.2. The first-order chi connectivity index (χ1) is 16.1. The fourth-order valence-corrected chi connectivity index (χ4v) is 5.82. The molecule has 0 N–H and O–H groups in total. The van der Waals surface area contributed by atoms with Crippen LogP contribution in [0.5, 0.6) is 11.5 Å². The number of rotatable bonds is 4. The quantitative estimate of drug-likeness (QED) is 0.457. The first-order valence-electron chi connectivity index (χ1n) is 11.0. The van der Waals surface area contributed by atoms with Gasteiger partial charge >= 0.3 is 0 Å². The van der Waals surface area contributed by atoms with E-state index in [0.29, 0.717) is 17.1 Å². The molecule has 33 heavy (non-hydrogen) atoms. The summed E-state index contributed by atoms with van der Waals surface area (Å²) in [5, 5.41) is 5.42. The number of carbonyl (C=O) groups excluding carboxylic acids is 2. The minimum Gasteiger partial charge on any atom is -0.497 e. The Morgan fingerprint density at radius 2 is 1.27 bits per heavy atom. The molecule has 0 radical (unpaired) electrons. The average Bonchev–Trinajstić information content (AvgIpc) is 3.12. The molecule has 3 aromatic carbocycles. The molecule has 2 amide bonds. The smallest absolute Gasteiger partial charge is 0.254 e. The Morgan fingerprint density at radius 3 is 1.73 bits per heavy atom. The second-order valence-corrected chi connectivity index (χ2v) is 8.61. The number of hydrogen-bond acceptors (Lipinski definition) is 5. The zero-order valence-corrected chi connectivity index (χ0v) is 18.3. The van der Waals surface area contributed by atoms with Crippen molar-refractivity contribution in [1.82, 2.24) is 5.01 Å². The molecule has 0 unspecified atom stereocenters. The van der Waals surface area contributed by atoms with Crippen molar-refractivity contribution in [3.8, 4) is 11.5 Å². The average molecular weight is 438 g/mol. The van der Waals surface area contributed by atoms with Crippen LogP contribution >= 0.6 is 0 Å². The SMILES string of the molecule is COc1ccc(/C=N\N2C(=O)[C@@H]3C4c5ccccc5C(c5ccccc54)[C@@H]3C2=O)c(OC)c1. The number of methoxy groups -OCH3 is 2. The lowest BCUT2D eigenvalue weighted by molar-refractivity contribution is -0.139. The van der Waals surface area contributed by atoms with Crippen molar-refractivity contribution in [2.45, 2.75) is 11.8 Å². The third-order valence-corrected chi connectivity index (χ3v) is 7.18. The number of ether oxygens (including phenoxy) is 2. The van der Waals surface area contributed by atoms with Gasteiger partial charge in [-0.25, -0.2) is 0 Å². The fourth-order valence-electron chi connectivity index (χ4n) is 5.82. The van der Waals surface area contributed by atoms with E-state index in [4.69, 9.17) is 9.47 Å². The van der Waals surface area contributed by atoms with Crippen molar-refractivity contribution in [3.05, 3.63) is 94.5 Å². The molecular weight excluding hydrogens is 416 g/mol. The minimum atomic E-state index is -0.442. The van der Waals surface area contributed by atoms with Crippen molar-refractivity contribution >= 4 is 18.0 Å². The first-order valence-corrected chi connectivity index (χ1v) is 11.0. The van der Waals surface area contributed by atoms with E-state index in [2.05, 4.69) is 29.4 Å². The maximum absolute atomic E-state index is 13.6. The van der Waals surface area contributed by atoms with Gasteiger partial charge in [0.15, 0.2) is 0 Å². The molecule has 0 aromatic heterocycles. The van der Waals surface area contributed by atoms with E-state index in [-0.39, 0.29) is 23.7 Å². The largest absolute Gasteiger partial charge is 0.497 e. The van der Waals surface area contributed by atoms with Crippen molar-refractivity contribution in [3.63, 3.8) is 0 Å². The molecule has 6 heteroatoms. The van der Waals surface area contributed by atoms with Crippen LogP contribution in [-0.2, 0) is 9.59 Å². The number of carbonyl (C=O) groups is 2. The maximum atomic E-state index is 13.6. The van der Waals surface area contributed by atoms with Gasteiger partial charge in [0.2, 0.25) is 0 Å². The summed E-state index contributed by atoms with van der Waals surface area (Å²) < 4.78 is 10.7. The fraction of sp³-hybridized carbons (Fsp3) is 0.222. The van der Waals surface area contributed by atoms with E-state index in [9.17, 15) is 9.59 Å². The van der Waals surface area contributed by atoms with Gasteiger partial charge in [0.05, 0.1) is 32.3 Å². The Balaban J connectivity index is 1.41. The van der Waals surface area contributed by atoms with E-state index in [0.717, 1.165) is 27.3 Å². The predicted molar refractivity (Wildman–Crippen MR) is 123 cm³/mol. The summed E-state index contributed by atoms with van der Waals surface area (Å²) in [7, 11) is 3.13. The third-order valence-electron chi connectivity index (χ3n) is 7.18. The van der Waals surface area contributed by atoms with Crippen LogP contribution < -0.4 is 9.47 Å². The van der Waals surface area contributed by atoms with Gasteiger partial charge in [0.1, 0.15) is 11.5 Å². The van der Waals surface area contributed by atoms with Crippen molar-refractivity contribution in [2.75, 3.05) is 14.2 Å². The highest BCUT2D eigenvalue weighted by Crippen LogP contribution is 2.60. The molecule has 6 nitrogen and oxygen atoms in total. The number of hydrogen-bond donors (Lipinski definition) is 0. The number of amides is 2. The van der Waals surface area contributed by atoms with Crippen LogP contribution in [0.4, 0.5) is 0 Å². The molecule has 3 aliphatic carbocycles. The molecule has 164 valence electrons. The molecule has 3 aromatic rings. The van der Waals surface area contributed by atoms with Gasteiger partial charge in [0, 0.05) is 23.5 Å². The molecule has 0 spiro atoms. The monoisotopic (exact) mass is 438 g/mol. The molecule has 0 saturated carbocycles. The highest BCUT2D eigenvalue weighted by molar-refractivity contribution is 6.08. The molecule has 2 bridgehead atoms. The van der Waals surface area contributed by atoms with Crippen molar-refractivity contribution < 1.29 is 19.1 Å². The van der Waals surface area contributed by atoms with Crippen molar-refractivity contribution in [1.29, 1.82) is 0 Å². The van der Waals surface area contributed by atoms with Crippen LogP contribution in [0.25, 0.3) is 0 Å². The Hall–Kier alpha value is -3.93. The lowest BCUT2D eigenvalue weighted by Crippen LogP contribution is -2.41. The van der Waals surface area contributed by atoms with Gasteiger partial charge in [-0.1, -0.05) is 48.5 Å². The van der Waals surface area contributed by atoms with Crippen LogP contribution in [0, 0.1) is 11.8 Å². The van der Waals surface area contributed by atoms with E-state index in [1.165, 1.54) is 6.21 Å². The summed E-state index contributed by atoms with van der Waals surface area (Å²) in [6.07, 6.45) is 1.51. The molecule has 2 atom stereocenters. The lowest BCUT2D eigenvalue weighted by atomic mass is 9.55. The van der Waals surface area contributed by atoms with Gasteiger partial charge in [-0.3, -0.25) is 9.59 Å². The molecular formula is C27H22N2O4. The predicted octanol–water partition coefficient (Wildman–Crippen LogP) is 3.93. The lowest BCUT2D eigenvalue weighted by Gasteiger charge is -2.45. The molecule has 1 heterocycles. The standard InChI is InChI=1S/C27H22N2O4/c1-32-16-12-11-15(21(13-16)33-2)14-28-29-26(30)24-22-17-7-3-4-8-18(17)23(25(24)27(29)31)20-10-6-5-9-19(20)22/h3-14,22-25H,1-2H3/b28-14-/t22?,23?,24-,25+. The zero-order valence-electron chi connectivity index (χ0n) is 18.3. The maximum Gasteiger partial charge on any atom is 0.254 e. The Kier molecular flexibility index (Phi) is 4.37. The topological polar surface area (TPSA) is 68.2 Å². The van der Waals surface area contributed by atoms with Crippen molar-refractivity contribution in [2.24, 2.45) is 16.9 Å². The second kappa shape index (κ2) is 7.30. The van der Waals surface area contributed by atoms with E-state index >= 15 is 0 Å². The first kappa shape index (κ1) is 19.7. The minimum absolute atomic E-state index is 0.139. The summed E-state index contributed by atoms with van der Waals surface area (Å²) in [6.45, 7) is 0. The normalized spacial score (nSPS) is 24.6. The zero-order chi connectivity index (χ0) is 22.7. The van der Waals surface area contributed by atoms with Gasteiger partial charge in [-0.2, -0.15) is 10.1 Å². The third kappa shape index (κ3) is 2.70. The summed E-state index contributed by atoms with van der Waals surface area (Å²) in [5.41, 5.74) is 5.23. The highest BCUT2D eigenvalue weighted by Gasteiger charge is 2.61. The number of nitrogens with zero attached hydrogens (tertiary/aromatic N) is 2. The number of benzene rings is 3. The summed E-state index contributed by atoms with van der Waals surface area (Å²) in [5.74, 6) is -0.450. The van der Waals surface area contributed by atoms with E-state index < -0.39 is 11.8 Å². The number of hydrazone groups is 1. The Bertz CT molecular complexity index is 1220. The van der Waals surface area contributed by atoms with Crippen LogP contribution in [0.2, 0.25) is 0 Å². The number of imide groups is 1. The highest BCUT2D eigenvalue weighted by atomic mass is 16.5. The van der Waals surface area contributed by atoms with Gasteiger partial charge in [0.25, 0.3) is 11.8 Å². The van der Waals surface area contributed by atoms with Gasteiger partial charge in [-0.05, 0) is 34.4 Å². The van der Waals surface area contributed by atoms with E-state index in [1.807, 2.05) is 24.3 Å². The molecule has 1 aliphatic heterocycles. The summed E-state index contributed by atoms with van der Waals surface area (Å²) in [6, 6.07) is 21.7. The summed E-state index contributed by atoms with van der Waals surface area (Å²) >= 11 is 0. The molecule has 7 rings (SSSR count). The van der Waals surface area contributed by atoms with Crippen LogP contribution in [0.1, 0.15) is 39.7 Å². The van der Waals surface area contributed by atoms with Gasteiger partial charge in [-0.15, -0.1) is 0 Å². The Morgan fingerprint density at radius 1 is 0.758 bits per heavy atom. The second-order valence-electron chi connectivity index (χ2n) is 8.61. The molecule has 4 aliphatic rings. The van der Waals surface area contributed by atoms with Crippen LogP contribution in [0.15, 0.2) is 71.8 Å². The Labute approximate surface area is 191 Å². The van der Waals surface area contributed by atoms with Gasteiger partial charge < -0.3 is 9.47 Å². The molecule has 1 saturated heterocycles. The van der Waals surface area contributed by atoms with Crippen LogP contribution in [0.3, 0.4) is 0 Å².